The van der Waals surface area contributed by atoms with Crippen molar-refractivity contribution in [3.05, 3.63) is 23.8 Å². The van der Waals surface area contributed by atoms with Gasteiger partial charge in [-0.3, -0.25) is 14.5 Å². The first kappa shape index (κ1) is 16.3. The first-order chi connectivity index (χ1) is 11.5. The summed E-state index contributed by atoms with van der Waals surface area (Å²) in [6.07, 6.45) is 1.93. The Hall–Kier alpha value is -2.61. The van der Waals surface area contributed by atoms with Crippen molar-refractivity contribution < 1.29 is 29.0 Å². The lowest BCUT2D eigenvalue weighted by molar-refractivity contribution is -0.125. The first-order valence-corrected chi connectivity index (χ1v) is 7.73. The lowest BCUT2D eigenvalue weighted by atomic mass is 10.1. The fourth-order valence-electron chi connectivity index (χ4n) is 2.74. The summed E-state index contributed by atoms with van der Waals surface area (Å²) in [5.74, 6) is -1.45. The summed E-state index contributed by atoms with van der Waals surface area (Å²) in [6.45, 7) is 0.757. The number of amides is 2. The number of carboxylic acids is 1. The van der Waals surface area contributed by atoms with E-state index in [0.717, 1.165) is 12.8 Å². The van der Waals surface area contributed by atoms with E-state index >= 15 is 0 Å². The average molecular weight is 334 g/mol. The summed E-state index contributed by atoms with van der Waals surface area (Å²) >= 11 is 0. The highest BCUT2D eigenvalue weighted by Crippen LogP contribution is 2.32. The highest BCUT2D eigenvalue weighted by molar-refractivity contribution is 6.02. The molecule has 1 saturated heterocycles. The third-order valence-electron chi connectivity index (χ3n) is 4.00. The van der Waals surface area contributed by atoms with Crippen LogP contribution in [0.2, 0.25) is 0 Å². The van der Waals surface area contributed by atoms with Gasteiger partial charge in [0.2, 0.25) is 5.91 Å². The van der Waals surface area contributed by atoms with Crippen LogP contribution >= 0.6 is 0 Å². The van der Waals surface area contributed by atoms with Crippen molar-refractivity contribution in [3.8, 4) is 5.75 Å². The molecule has 0 saturated carbocycles. The number of nitrogens with one attached hydrogen (secondary N) is 1. The van der Waals surface area contributed by atoms with E-state index in [-0.39, 0.29) is 42.4 Å². The molecule has 0 aromatic heterocycles. The number of hydrogen-bond donors (Lipinski definition) is 2. The molecule has 24 heavy (non-hydrogen) atoms. The molecule has 1 atom stereocenters. The molecule has 2 heterocycles. The number of anilines is 1. The van der Waals surface area contributed by atoms with E-state index in [4.69, 9.17) is 14.6 Å². The van der Waals surface area contributed by atoms with Crippen LogP contribution in [0.15, 0.2) is 18.2 Å². The maximum atomic E-state index is 12.1. The van der Waals surface area contributed by atoms with E-state index in [2.05, 4.69) is 5.32 Å². The predicted molar refractivity (Wildman–Crippen MR) is 83.2 cm³/mol. The van der Waals surface area contributed by atoms with Crippen LogP contribution in [-0.4, -0.2) is 55.3 Å². The summed E-state index contributed by atoms with van der Waals surface area (Å²) in [4.78, 5) is 36.5. The van der Waals surface area contributed by atoms with Gasteiger partial charge in [-0.25, -0.2) is 4.79 Å². The summed E-state index contributed by atoms with van der Waals surface area (Å²) in [7, 11) is 0. The highest BCUT2D eigenvalue weighted by atomic mass is 16.5. The number of rotatable bonds is 5. The number of hydrogen-bond acceptors (Lipinski definition) is 5. The van der Waals surface area contributed by atoms with Gasteiger partial charge < -0.3 is 19.9 Å². The summed E-state index contributed by atoms with van der Waals surface area (Å²) in [5.41, 5.74) is 0.453. The molecule has 1 aromatic rings. The zero-order valence-corrected chi connectivity index (χ0v) is 13.0. The Balaban J connectivity index is 1.67. The highest BCUT2D eigenvalue weighted by Gasteiger charge is 2.28. The number of carbonyl (C=O) groups excluding carboxylic acids is 2. The van der Waals surface area contributed by atoms with Gasteiger partial charge in [0.05, 0.1) is 17.4 Å². The van der Waals surface area contributed by atoms with Crippen LogP contribution < -0.4 is 15.0 Å². The molecule has 2 amide bonds. The standard InChI is InChI=1S/C16H18N2O6/c19-14(17-7-11-2-1-5-23-11)8-18-12-4-3-10(16(21)22)6-13(12)24-9-15(18)20/h3-4,6,11H,1-2,5,7-9H2,(H,17,19)(H,21,22). The zero-order valence-electron chi connectivity index (χ0n) is 13.0. The van der Waals surface area contributed by atoms with E-state index in [1.54, 1.807) is 0 Å². The molecule has 0 radical (unpaired) electrons. The summed E-state index contributed by atoms with van der Waals surface area (Å²) < 4.78 is 10.7. The second-order valence-corrected chi connectivity index (χ2v) is 5.70. The van der Waals surface area contributed by atoms with Crippen LogP contribution in [-0.2, 0) is 14.3 Å². The molecule has 1 fully saturated rings. The zero-order chi connectivity index (χ0) is 17.1. The molecule has 1 aromatic carbocycles. The van der Waals surface area contributed by atoms with Crippen molar-refractivity contribution in [1.82, 2.24) is 5.32 Å². The van der Waals surface area contributed by atoms with E-state index in [0.29, 0.717) is 18.8 Å². The molecular weight excluding hydrogens is 316 g/mol. The Morgan fingerprint density at radius 3 is 2.92 bits per heavy atom. The Bertz CT molecular complexity index is 669. The molecule has 2 aliphatic rings. The molecule has 3 rings (SSSR count). The molecule has 8 heteroatoms. The van der Waals surface area contributed by atoms with Crippen LogP contribution in [0.25, 0.3) is 0 Å². The number of aromatic carboxylic acids is 1. The monoisotopic (exact) mass is 334 g/mol. The van der Waals surface area contributed by atoms with E-state index in [1.807, 2.05) is 0 Å². The molecule has 8 nitrogen and oxygen atoms in total. The SMILES string of the molecule is O=C(CN1C(=O)COc2cc(C(=O)O)ccc21)NCC1CCCO1. The van der Waals surface area contributed by atoms with Gasteiger partial charge >= 0.3 is 5.97 Å². The molecular formula is C16H18N2O6. The third kappa shape index (κ3) is 3.48. The lowest BCUT2D eigenvalue weighted by Gasteiger charge is -2.29. The second kappa shape index (κ2) is 6.88. The van der Waals surface area contributed by atoms with Crippen molar-refractivity contribution in [3.63, 3.8) is 0 Å². The van der Waals surface area contributed by atoms with Gasteiger partial charge in [-0.1, -0.05) is 0 Å². The minimum absolute atomic E-state index is 0.0275. The quantitative estimate of drug-likeness (QED) is 0.808. The minimum Gasteiger partial charge on any atom is -0.482 e. The Morgan fingerprint density at radius 1 is 1.38 bits per heavy atom. The second-order valence-electron chi connectivity index (χ2n) is 5.70. The van der Waals surface area contributed by atoms with E-state index < -0.39 is 5.97 Å². The molecule has 0 bridgehead atoms. The van der Waals surface area contributed by atoms with Crippen LogP contribution in [0.1, 0.15) is 23.2 Å². The van der Waals surface area contributed by atoms with Crippen LogP contribution in [0, 0.1) is 0 Å². The van der Waals surface area contributed by atoms with Gasteiger partial charge in [-0.15, -0.1) is 0 Å². The topological polar surface area (TPSA) is 105 Å². The maximum Gasteiger partial charge on any atom is 0.335 e. The molecule has 0 spiro atoms. The summed E-state index contributed by atoms with van der Waals surface area (Å²) in [5, 5.41) is 11.8. The average Bonchev–Trinajstić information content (AvgIpc) is 3.08. The van der Waals surface area contributed by atoms with Crippen LogP contribution in [0.4, 0.5) is 5.69 Å². The smallest absolute Gasteiger partial charge is 0.335 e. The number of carbonyl (C=O) groups is 3. The van der Waals surface area contributed by atoms with E-state index in [1.165, 1.54) is 23.1 Å². The van der Waals surface area contributed by atoms with Gasteiger partial charge in [0, 0.05) is 13.2 Å². The summed E-state index contributed by atoms with van der Waals surface area (Å²) in [6, 6.07) is 4.20. The maximum absolute atomic E-state index is 12.1. The van der Waals surface area contributed by atoms with Crippen molar-refractivity contribution in [2.24, 2.45) is 0 Å². The minimum atomic E-state index is -1.08. The number of ether oxygens (including phenoxy) is 2. The lowest BCUT2D eigenvalue weighted by Crippen LogP contribution is -2.46. The Labute approximate surface area is 138 Å². The van der Waals surface area contributed by atoms with Gasteiger partial charge in [-0.2, -0.15) is 0 Å². The normalized spacial score (nSPS) is 19.6. The van der Waals surface area contributed by atoms with Gasteiger partial charge in [0.15, 0.2) is 6.61 Å². The van der Waals surface area contributed by atoms with Crippen molar-refractivity contribution in [2.75, 3.05) is 31.2 Å². The Kier molecular flexibility index (Phi) is 4.66. The largest absolute Gasteiger partial charge is 0.482 e. The van der Waals surface area contributed by atoms with Gasteiger partial charge in [0.25, 0.3) is 5.91 Å². The van der Waals surface area contributed by atoms with Crippen molar-refractivity contribution in [1.29, 1.82) is 0 Å². The molecule has 2 N–H and O–H groups in total. The molecule has 2 aliphatic heterocycles. The predicted octanol–water partition coefficient (Wildman–Crippen LogP) is 0.405. The fraction of sp³-hybridized carbons (Fsp3) is 0.438. The van der Waals surface area contributed by atoms with Gasteiger partial charge in [-0.05, 0) is 31.0 Å². The van der Waals surface area contributed by atoms with Crippen LogP contribution in [0.5, 0.6) is 5.75 Å². The number of fused-ring (bicyclic) bond motifs is 1. The van der Waals surface area contributed by atoms with Gasteiger partial charge in [0.1, 0.15) is 12.3 Å². The molecule has 1 unspecified atom stereocenters. The molecule has 128 valence electrons. The third-order valence-corrected chi connectivity index (χ3v) is 4.00. The first-order valence-electron chi connectivity index (χ1n) is 7.73. The number of carboxylic acid groups (broad SMARTS) is 1. The van der Waals surface area contributed by atoms with Crippen molar-refractivity contribution in [2.45, 2.75) is 18.9 Å². The number of benzene rings is 1. The Morgan fingerprint density at radius 2 is 2.21 bits per heavy atom. The molecule has 0 aliphatic carbocycles. The fourth-order valence-corrected chi connectivity index (χ4v) is 2.74. The van der Waals surface area contributed by atoms with Crippen LogP contribution in [0.3, 0.4) is 0 Å². The van der Waals surface area contributed by atoms with Crippen molar-refractivity contribution >= 4 is 23.5 Å². The van der Waals surface area contributed by atoms with E-state index in [9.17, 15) is 14.4 Å². The number of nitrogens with zero attached hydrogens (tertiary/aromatic N) is 1.